The summed E-state index contributed by atoms with van der Waals surface area (Å²) in [4.78, 5) is 7.39. The van der Waals surface area contributed by atoms with E-state index < -0.39 is 26.7 Å². The Morgan fingerprint density at radius 3 is 1.90 bits per heavy atom. The van der Waals surface area contributed by atoms with Gasteiger partial charge < -0.3 is 0 Å². The van der Waals surface area contributed by atoms with Crippen LogP contribution >= 0.6 is 0 Å². The van der Waals surface area contributed by atoms with Gasteiger partial charge in [-0.15, -0.1) is 0 Å². The first-order chi connectivity index (χ1) is 8.93. The molecular formula is C17H32OSiSn. The van der Waals surface area contributed by atoms with E-state index in [1.165, 1.54) is 5.56 Å². The maximum absolute atomic E-state index is 6.25. The molecule has 0 saturated heterocycles. The molecule has 0 aromatic heterocycles. The second-order valence-electron chi connectivity index (χ2n) is 8.31. The maximum atomic E-state index is 6.25. The first-order valence-corrected chi connectivity index (χ1v) is 20.6. The molecule has 0 bridgehead atoms. The molecule has 1 nitrogen and oxygen atoms in total. The second kappa shape index (κ2) is 6.53. The summed E-state index contributed by atoms with van der Waals surface area (Å²) in [6.45, 7) is 12.4. The molecule has 1 aromatic carbocycles. The van der Waals surface area contributed by atoms with Crippen molar-refractivity contribution in [1.29, 1.82) is 0 Å². The van der Waals surface area contributed by atoms with E-state index in [0.717, 1.165) is 13.0 Å². The van der Waals surface area contributed by atoms with Gasteiger partial charge in [-0.25, -0.2) is 0 Å². The van der Waals surface area contributed by atoms with E-state index in [9.17, 15) is 0 Å². The van der Waals surface area contributed by atoms with E-state index in [1.807, 2.05) is 0 Å². The molecule has 0 aliphatic heterocycles. The van der Waals surface area contributed by atoms with Gasteiger partial charge in [-0.3, -0.25) is 0 Å². The summed E-state index contributed by atoms with van der Waals surface area (Å²) in [6, 6.07) is 9.29. The minimum atomic E-state index is -1.88. The molecular weight excluding hydrogens is 367 g/mol. The van der Waals surface area contributed by atoms with Gasteiger partial charge in [0.15, 0.2) is 0 Å². The van der Waals surface area contributed by atoms with Gasteiger partial charge in [-0.05, 0) is 0 Å². The van der Waals surface area contributed by atoms with Crippen LogP contribution in [0.3, 0.4) is 0 Å². The van der Waals surface area contributed by atoms with Crippen LogP contribution in [0.15, 0.2) is 24.3 Å². The third-order valence-corrected chi connectivity index (χ3v) is 14.9. The Bertz CT molecular complexity index is 424. The van der Waals surface area contributed by atoms with Gasteiger partial charge >= 0.3 is 131 Å². The van der Waals surface area contributed by atoms with Crippen molar-refractivity contribution in [3.8, 4) is 0 Å². The molecule has 0 atom stereocenters. The van der Waals surface area contributed by atoms with E-state index in [-0.39, 0.29) is 0 Å². The molecule has 3 heteroatoms. The van der Waals surface area contributed by atoms with Gasteiger partial charge in [-0.2, -0.15) is 0 Å². The van der Waals surface area contributed by atoms with Crippen molar-refractivity contribution in [2.24, 2.45) is 0 Å². The Kier molecular flexibility index (Phi) is 5.96. The zero-order valence-corrected chi connectivity index (χ0v) is 18.5. The topological polar surface area (TPSA) is 9.23 Å². The molecule has 0 aliphatic rings. The van der Waals surface area contributed by atoms with Gasteiger partial charge in [-0.1, -0.05) is 0 Å². The SMILES string of the molecule is CC(C)(C)[Si](C)(C)OCCc1cc[c]([Sn]([CH3])([CH3])[CH3])cc1. The quantitative estimate of drug-likeness (QED) is 0.647. The fourth-order valence-corrected chi connectivity index (χ4v) is 6.19. The van der Waals surface area contributed by atoms with Crippen LogP contribution in [-0.2, 0) is 10.8 Å². The number of benzene rings is 1. The third-order valence-electron chi connectivity index (χ3n) is 4.48. The van der Waals surface area contributed by atoms with Gasteiger partial charge in [0.25, 0.3) is 0 Å². The fourth-order valence-electron chi connectivity index (χ4n) is 1.81. The summed E-state index contributed by atoms with van der Waals surface area (Å²) in [5.74, 6) is 0. The monoisotopic (exact) mass is 400 g/mol. The van der Waals surface area contributed by atoms with Crippen LogP contribution in [0.4, 0.5) is 0 Å². The summed E-state index contributed by atoms with van der Waals surface area (Å²) in [5, 5.41) is 0.303. The third kappa shape index (κ3) is 5.19. The van der Waals surface area contributed by atoms with E-state index in [1.54, 1.807) is 3.58 Å². The zero-order chi connectivity index (χ0) is 15.6. The molecule has 0 spiro atoms. The molecule has 0 unspecified atom stereocenters. The van der Waals surface area contributed by atoms with Crippen molar-refractivity contribution in [2.75, 3.05) is 6.61 Å². The van der Waals surface area contributed by atoms with Gasteiger partial charge in [0.05, 0.1) is 0 Å². The number of hydrogen-bond acceptors (Lipinski definition) is 1. The van der Waals surface area contributed by atoms with Crippen LogP contribution in [0.1, 0.15) is 26.3 Å². The second-order valence-corrected chi connectivity index (χ2v) is 27.6. The van der Waals surface area contributed by atoms with Gasteiger partial charge in [0.2, 0.25) is 0 Å². The van der Waals surface area contributed by atoms with Crippen molar-refractivity contribution >= 4 is 30.3 Å². The van der Waals surface area contributed by atoms with Crippen molar-refractivity contribution in [2.45, 2.75) is 60.1 Å². The molecule has 1 aromatic rings. The van der Waals surface area contributed by atoms with Gasteiger partial charge in [0.1, 0.15) is 0 Å². The van der Waals surface area contributed by atoms with E-state index >= 15 is 0 Å². The Labute approximate surface area is 131 Å². The predicted octanol–water partition coefficient (Wildman–Crippen LogP) is 4.80. The Balaban J connectivity index is 2.56. The average molecular weight is 399 g/mol. The van der Waals surface area contributed by atoms with Crippen LogP contribution < -0.4 is 3.58 Å². The normalized spacial score (nSPS) is 13.6. The predicted molar refractivity (Wildman–Crippen MR) is 96.3 cm³/mol. The summed E-state index contributed by atoms with van der Waals surface area (Å²) < 4.78 is 7.85. The molecule has 0 fully saturated rings. The van der Waals surface area contributed by atoms with Crippen LogP contribution in [-0.4, -0.2) is 33.3 Å². The minimum absolute atomic E-state index is 0.303. The first kappa shape index (κ1) is 18.2. The molecule has 0 saturated carbocycles. The molecule has 0 radical (unpaired) electrons. The molecule has 0 aliphatic carbocycles. The van der Waals surface area contributed by atoms with Crippen LogP contribution in [0.5, 0.6) is 0 Å². The number of rotatable bonds is 5. The van der Waals surface area contributed by atoms with Crippen LogP contribution in [0.2, 0.25) is 33.0 Å². The molecule has 0 N–H and O–H groups in total. The average Bonchev–Trinajstić information content (AvgIpc) is 2.26. The Hall–Kier alpha value is 0.196. The standard InChI is InChI=1S/C14H23OSi.3CH3.Sn/c1-14(2,3)16(4,5)15-12-11-13-9-7-6-8-10-13;;;;/h7-10H,11-12H2,1-5H3;3*1H3;. The summed E-state index contributed by atoms with van der Waals surface area (Å²) in [6.07, 6.45) is 1.03. The first-order valence-electron chi connectivity index (χ1n) is 7.67. The van der Waals surface area contributed by atoms with Crippen molar-refractivity contribution < 1.29 is 4.43 Å². The number of hydrogen-bond donors (Lipinski definition) is 0. The Morgan fingerprint density at radius 2 is 1.50 bits per heavy atom. The molecule has 114 valence electrons. The molecule has 0 amide bonds. The molecule has 20 heavy (non-hydrogen) atoms. The van der Waals surface area contributed by atoms with Crippen LogP contribution in [0, 0.1) is 0 Å². The van der Waals surface area contributed by atoms with Crippen molar-refractivity contribution in [3.63, 3.8) is 0 Å². The van der Waals surface area contributed by atoms with Crippen molar-refractivity contribution in [3.05, 3.63) is 29.8 Å². The van der Waals surface area contributed by atoms with Crippen LogP contribution in [0.25, 0.3) is 0 Å². The van der Waals surface area contributed by atoms with E-state index in [0.29, 0.717) is 5.04 Å². The summed E-state index contributed by atoms with van der Waals surface area (Å²) >= 11 is -1.88. The molecule has 1 rings (SSSR count). The van der Waals surface area contributed by atoms with E-state index in [2.05, 4.69) is 72.9 Å². The summed E-state index contributed by atoms with van der Waals surface area (Å²) in [5.41, 5.74) is 1.41. The molecule has 0 heterocycles. The van der Waals surface area contributed by atoms with E-state index in [4.69, 9.17) is 4.43 Å². The van der Waals surface area contributed by atoms with Gasteiger partial charge in [0, 0.05) is 0 Å². The summed E-state index contributed by atoms with van der Waals surface area (Å²) in [7, 11) is -1.59. The fraction of sp³-hybridized carbons (Fsp3) is 0.647. The zero-order valence-electron chi connectivity index (χ0n) is 14.6. The van der Waals surface area contributed by atoms with Crippen molar-refractivity contribution in [1.82, 2.24) is 0 Å². The Morgan fingerprint density at radius 1 is 1.00 bits per heavy atom.